The highest BCUT2D eigenvalue weighted by molar-refractivity contribution is 6.31. The van der Waals surface area contributed by atoms with E-state index in [1.807, 2.05) is 0 Å². The van der Waals surface area contributed by atoms with E-state index < -0.39 is 0 Å². The monoisotopic (exact) mass is 275 g/mol. The fourth-order valence-electron chi connectivity index (χ4n) is 2.40. The highest BCUT2D eigenvalue weighted by atomic mass is 35.5. The number of alkyl halides is 1. The number of benzene rings is 1. The minimum Gasteiger partial charge on any atom is -0.310 e. The molecule has 2 rings (SSSR count). The summed E-state index contributed by atoms with van der Waals surface area (Å²) in [6.45, 7) is 0.678. The van der Waals surface area contributed by atoms with Gasteiger partial charge in [0.25, 0.3) is 0 Å². The number of nitrogens with one attached hydrogen (secondary N) is 1. The molecule has 1 aromatic rings. The van der Waals surface area contributed by atoms with E-state index in [9.17, 15) is 4.39 Å². The van der Waals surface area contributed by atoms with Gasteiger partial charge in [0.1, 0.15) is 5.82 Å². The smallest absolute Gasteiger partial charge is 0.124 e. The second kappa shape index (κ2) is 6.03. The van der Waals surface area contributed by atoms with Crippen molar-refractivity contribution in [2.75, 3.05) is 5.88 Å². The molecule has 0 radical (unpaired) electrons. The van der Waals surface area contributed by atoms with Crippen molar-refractivity contribution in [3.63, 3.8) is 0 Å². The van der Waals surface area contributed by atoms with Crippen molar-refractivity contribution in [2.24, 2.45) is 5.92 Å². The lowest BCUT2D eigenvalue weighted by molar-refractivity contribution is 0.429. The molecule has 1 aliphatic carbocycles. The first kappa shape index (κ1) is 13.1. The van der Waals surface area contributed by atoms with Crippen LogP contribution in [0.5, 0.6) is 0 Å². The molecular weight excluding hydrogens is 260 g/mol. The Morgan fingerprint density at radius 3 is 2.88 bits per heavy atom. The summed E-state index contributed by atoms with van der Waals surface area (Å²) in [6, 6.07) is 4.99. The lowest BCUT2D eigenvalue weighted by atomic mass is 10.1. The second-order valence-electron chi connectivity index (χ2n) is 4.57. The van der Waals surface area contributed by atoms with Gasteiger partial charge in [-0.25, -0.2) is 4.39 Å². The van der Waals surface area contributed by atoms with Crippen molar-refractivity contribution in [1.82, 2.24) is 5.32 Å². The molecule has 17 heavy (non-hydrogen) atoms. The molecule has 1 nitrogen and oxygen atoms in total. The molecule has 4 heteroatoms. The first-order valence-corrected chi connectivity index (χ1v) is 6.85. The molecule has 0 bridgehead atoms. The molecule has 0 spiro atoms. The van der Waals surface area contributed by atoms with Crippen molar-refractivity contribution >= 4 is 23.2 Å². The third-order valence-electron chi connectivity index (χ3n) is 3.43. The Balaban J connectivity index is 1.93. The first-order valence-electron chi connectivity index (χ1n) is 5.94. The van der Waals surface area contributed by atoms with Crippen LogP contribution in [0.1, 0.15) is 24.8 Å². The molecule has 1 saturated carbocycles. The SMILES string of the molecule is Fc1ccc(CNC2CCCC2CCl)c(Cl)c1. The van der Waals surface area contributed by atoms with Crippen LogP contribution in [-0.4, -0.2) is 11.9 Å². The number of halogens is 3. The Morgan fingerprint density at radius 1 is 1.35 bits per heavy atom. The molecule has 1 fully saturated rings. The van der Waals surface area contributed by atoms with Crippen molar-refractivity contribution in [3.8, 4) is 0 Å². The van der Waals surface area contributed by atoms with Gasteiger partial charge < -0.3 is 5.32 Å². The fourth-order valence-corrected chi connectivity index (χ4v) is 3.00. The number of rotatable bonds is 4. The lowest BCUT2D eigenvalue weighted by Crippen LogP contribution is -2.32. The molecule has 1 N–H and O–H groups in total. The highest BCUT2D eigenvalue weighted by Gasteiger charge is 2.25. The normalized spacial score (nSPS) is 24.2. The maximum absolute atomic E-state index is 12.9. The zero-order valence-electron chi connectivity index (χ0n) is 9.56. The van der Waals surface area contributed by atoms with E-state index >= 15 is 0 Å². The molecule has 0 aliphatic heterocycles. The van der Waals surface area contributed by atoms with E-state index in [2.05, 4.69) is 5.32 Å². The number of hydrogen-bond donors (Lipinski definition) is 1. The predicted molar refractivity (Wildman–Crippen MR) is 70.1 cm³/mol. The predicted octanol–water partition coefficient (Wildman–Crippen LogP) is 3.98. The van der Waals surface area contributed by atoms with Crippen molar-refractivity contribution in [2.45, 2.75) is 31.8 Å². The molecule has 2 unspecified atom stereocenters. The fraction of sp³-hybridized carbons (Fsp3) is 0.538. The van der Waals surface area contributed by atoms with Crippen LogP contribution in [0.15, 0.2) is 18.2 Å². The highest BCUT2D eigenvalue weighted by Crippen LogP contribution is 2.27. The first-order chi connectivity index (χ1) is 8.20. The summed E-state index contributed by atoms with van der Waals surface area (Å²) in [5.41, 5.74) is 0.938. The summed E-state index contributed by atoms with van der Waals surface area (Å²) in [5.74, 6) is 0.962. The minimum absolute atomic E-state index is 0.293. The van der Waals surface area contributed by atoms with Gasteiger partial charge in [-0.1, -0.05) is 24.1 Å². The standard InChI is InChI=1S/C13H16Cl2FN/c14-7-9-2-1-3-13(9)17-8-10-4-5-11(16)6-12(10)15/h4-6,9,13,17H,1-3,7-8H2. The van der Waals surface area contributed by atoms with Crippen LogP contribution in [0.2, 0.25) is 5.02 Å². The molecule has 1 aliphatic rings. The quantitative estimate of drug-likeness (QED) is 0.820. The third kappa shape index (κ3) is 3.34. The van der Waals surface area contributed by atoms with Crippen LogP contribution < -0.4 is 5.32 Å². The van der Waals surface area contributed by atoms with E-state index in [-0.39, 0.29) is 5.82 Å². The van der Waals surface area contributed by atoms with Crippen LogP contribution in [0.4, 0.5) is 4.39 Å². The average Bonchev–Trinajstić information content (AvgIpc) is 2.75. The van der Waals surface area contributed by atoms with Crippen LogP contribution >= 0.6 is 23.2 Å². The Morgan fingerprint density at radius 2 is 2.18 bits per heavy atom. The van der Waals surface area contributed by atoms with Gasteiger partial charge in [0, 0.05) is 23.5 Å². The summed E-state index contributed by atoms with van der Waals surface area (Å²) >= 11 is 11.9. The Hall–Kier alpha value is -0.310. The van der Waals surface area contributed by atoms with E-state index in [0.29, 0.717) is 29.4 Å². The van der Waals surface area contributed by atoms with Crippen LogP contribution in [0, 0.1) is 11.7 Å². The molecule has 0 saturated heterocycles. The minimum atomic E-state index is -0.293. The van der Waals surface area contributed by atoms with Gasteiger partial charge >= 0.3 is 0 Å². The number of hydrogen-bond acceptors (Lipinski definition) is 1. The summed E-state index contributed by atoms with van der Waals surface area (Å²) in [6.07, 6.45) is 3.58. The Kier molecular flexibility index (Phi) is 4.66. The molecule has 0 amide bonds. The lowest BCUT2D eigenvalue weighted by Gasteiger charge is -2.19. The van der Waals surface area contributed by atoms with Gasteiger partial charge in [-0.2, -0.15) is 0 Å². The summed E-state index contributed by atoms with van der Waals surface area (Å²) in [7, 11) is 0. The van der Waals surface area contributed by atoms with Gasteiger partial charge in [-0.05, 0) is 36.5 Å². The summed E-state index contributed by atoms with van der Waals surface area (Å²) in [4.78, 5) is 0. The maximum atomic E-state index is 12.9. The van der Waals surface area contributed by atoms with Crippen LogP contribution in [-0.2, 0) is 6.54 Å². The molecule has 94 valence electrons. The Bertz CT molecular complexity index is 384. The molecule has 0 aromatic heterocycles. The van der Waals surface area contributed by atoms with Gasteiger partial charge in [0.2, 0.25) is 0 Å². The molecule has 1 aromatic carbocycles. The van der Waals surface area contributed by atoms with Gasteiger partial charge in [0.05, 0.1) is 0 Å². The van der Waals surface area contributed by atoms with Crippen LogP contribution in [0.25, 0.3) is 0 Å². The average molecular weight is 276 g/mol. The van der Waals surface area contributed by atoms with Gasteiger partial charge in [-0.15, -0.1) is 11.6 Å². The van der Waals surface area contributed by atoms with Crippen molar-refractivity contribution < 1.29 is 4.39 Å². The maximum Gasteiger partial charge on any atom is 0.124 e. The van der Waals surface area contributed by atoms with Gasteiger partial charge in [0.15, 0.2) is 0 Å². The van der Waals surface area contributed by atoms with E-state index in [4.69, 9.17) is 23.2 Å². The third-order valence-corrected chi connectivity index (χ3v) is 4.18. The van der Waals surface area contributed by atoms with Crippen LogP contribution in [0.3, 0.4) is 0 Å². The zero-order valence-corrected chi connectivity index (χ0v) is 11.1. The molecule has 2 atom stereocenters. The second-order valence-corrected chi connectivity index (χ2v) is 5.28. The van der Waals surface area contributed by atoms with Gasteiger partial charge in [-0.3, -0.25) is 0 Å². The topological polar surface area (TPSA) is 12.0 Å². The molecular formula is C13H16Cl2FN. The van der Waals surface area contributed by atoms with E-state index in [0.717, 1.165) is 12.0 Å². The van der Waals surface area contributed by atoms with Crippen molar-refractivity contribution in [3.05, 3.63) is 34.6 Å². The van der Waals surface area contributed by atoms with Crippen molar-refractivity contribution in [1.29, 1.82) is 0 Å². The van der Waals surface area contributed by atoms with E-state index in [1.165, 1.54) is 25.0 Å². The molecule has 0 heterocycles. The summed E-state index contributed by atoms with van der Waals surface area (Å²) < 4.78 is 12.9. The largest absolute Gasteiger partial charge is 0.310 e. The Labute approximate surface area is 111 Å². The summed E-state index contributed by atoms with van der Waals surface area (Å²) in [5, 5.41) is 3.95. The zero-order chi connectivity index (χ0) is 12.3. The van der Waals surface area contributed by atoms with E-state index in [1.54, 1.807) is 6.07 Å².